The maximum atomic E-state index is 12.7. The zero-order valence-electron chi connectivity index (χ0n) is 12.1. The van der Waals surface area contributed by atoms with Crippen LogP contribution in [0.3, 0.4) is 0 Å². The van der Waals surface area contributed by atoms with Crippen LogP contribution in [0.15, 0.2) is 24.3 Å². The first-order valence-corrected chi connectivity index (χ1v) is 7.31. The van der Waals surface area contributed by atoms with Gasteiger partial charge < -0.3 is 10.6 Å². The number of nitrogens with two attached hydrogens (primary N) is 1. The van der Waals surface area contributed by atoms with Crippen molar-refractivity contribution in [3.8, 4) is 0 Å². The lowest BCUT2D eigenvalue weighted by atomic mass is 10.1. The molecule has 1 aliphatic rings. The summed E-state index contributed by atoms with van der Waals surface area (Å²) >= 11 is 0. The third-order valence-corrected chi connectivity index (χ3v) is 4.21. The number of hydrogen-bond donors (Lipinski definition) is 1. The fourth-order valence-corrected chi connectivity index (χ4v) is 3.02. The fourth-order valence-electron chi connectivity index (χ4n) is 3.02. The highest BCUT2D eigenvalue weighted by molar-refractivity contribution is 5.97. The molecular formula is C16H22N2O2. The average Bonchev–Trinajstić information content (AvgIpc) is 2.89. The Hall–Kier alpha value is -1.84. The van der Waals surface area contributed by atoms with E-state index in [4.69, 9.17) is 5.73 Å². The molecule has 0 aliphatic carbocycles. The molecule has 2 atom stereocenters. The predicted octanol–water partition coefficient (Wildman–Crippen LogP) is 2.58. The molecule has 0 radical (unpaired) electrons. The van der Waals surface area contributed by atoms with Crippen LogP contribution in [0.1, 0.15) is 60.2 Å². The zero-order valence-corrected chi connectivity index (χ0v) is 12.1. The number of primary amides is 1. The zero-order chi connectivity index (χ0) is 14.7. The molecule has 20 heavy (non-hydrogen) atoms. The minimum absolute atomic E-state index is 0.0669. The first-order valence-electron chi connectivity index (χ1n) is 7.31. The van der Waals surface area contributed by atoms with Crippen molar-refractivity contribution in [3.63, 3.8) is 0 Å². The van der Waals surface area contributed by atoms with Crippen LogP contribution < -0.4 is 5.73 Å². The number of benzene rings is 1. The van der Waals surface area contributed by atoms with Crippen molar-refractivity contribution in [2.45, 2.75) is 51.6 Å². The van der Waals surface area contributed by atoms with Gasteiger partial charge in [-0.1, -0.05) is 13.8 Å². The minimum atomic E-state index is -0.469. The largest absolute Gasteiger partial charge is 0.366 e. The molecule has 1 aromatic rings. The number of amides is 2. The second kappa shape index (κ2) is 6.07. The Morgan fingerprint density at radius 2 is 1.50 bits per heavy atom. The lowest BCUT2D eigenvalue weighted by Crippen LogP contribution is -2.40. The molecule has 2 rings (SSSR count). The number of nitrogens with zero attached hydrogens (tertiary/aromatic N) is 1. The number of hydrogen-bond acceptors (Lipinski definition) is 2. The van der Waals surface area contributed by atoms with Gasteiger partial charge in [-0.2, -0.15) is 0 Å². The number of likely N-dealkylation sites (tertiary alicyclic amines) is 1. The highest BCUT2D eigenvalue weighted by Gasteiger charge is 2.35. The Kier molecular flexibility index (Phi) is 4.42. The van der Waals surface area contributed by atoms with Crippen molar-refractivity contribution in [2.75, 3.05) is 0 Å². The smallest absolute Gasteiger partial charge is 0.254 e. The van der Waals surface area contributed by atoms with E-state index in [1.807, 2.05) is 4.90 Å². The van der Waals surface area contributed by atoms with Gasteiger partial charge in [0.2, 0.25) is 5.91 Å². The van der Waals surface area contributed by atoms with Crippen LogP contribution in [0.2, 0.25) is 0 Å². The summed E-state index contributed by atoms with van der Waals surface area (Å²) in [6, 6.07) is 7.30. The van der Waals surface area contributed by atoms with E-state index in [1.165, 1.54) is 0 Å². The van der Waals surface area contributed by atoms with Crippen molar-refractivity contribution in [2.24, 2.45) is 5.73 Å². The SMILES string of the molecule is CCC1CCC(CC)N1C(=O)c1ccc(C(N)=O)cc1. The molecule has 1 fully saturated rings. The van der Waals surface area contributed by atoms with Crippen LogP contribution in [0.25, 0.3) is 0 Å². The molecule has 4 heteroatoms. The molecule has 1 aromatic carbocycles. The van der Waals surface area contributed by atoms with Crippen LogP contribution in [-0.4, -0.2) is 28.8 Å². The second-order valence-electron chi connectivity index (χ2n) is 5.36. The fraction of sp³-hybridized carbons (Fsp3) is 0.500. The lowest BCUT2D eigenvalue weighted by Gasteiger charge is -2.29. The molecule has 1 saturated heterocycles. The van der Waals surface area contributed by atoms with Gasteiger partial charge in [-0.15, -0.1) is 0 Å². The van der Waals surface area contributed by atoms with Gasteiger partial charge in [0, 0.05) is 23.2 Å². The second-order valence-corrected chi connectivity index (χ2v) is 5.36. The van der Waals surface area contributed by atoms with Gasteiger partial charge in [-0.3, -0.25) is 9.59 Å². The van der Waals surface area contributed by atoms with E-state index in [0.29, 0.717) is 23.2 Å². The summed E-state index contributed by atoms with van der Waals surface area (Å²) in [6.07, 6.45) is 4.14. The third kappa shape index (κ3) is 2.69. The molecule has 2 N–H and O–H groups in total. The maximum Gasteiger partial charge on any atom is 0.254 e. The molecule has 2 unspecified atom stereocenters. The third-order valence-electron chi connectivity index (χ3n) is 4.21. The number of carbonyl (C=O) groups excluding carboxylic acids is 2. The summed E-state index contributed by atoms with van der Waals surface area (Å²) in [4.78, 5) is 25.8. The van der Waals surface area contributed by atoms with Crippen LogP contribution in [0.5, 0.6) is 0 Å². The molecular weight excluding hydrogens is 252 g/mol. The maximum absolute atomic E-state index is 12.7. The van der Waals surface area contributed by atoms with Gasteiger partial charge in [0.1, 0.15) is 0 Å². The van der Waals surface area contributed by atoms with Gasteiger partial charge >= 0.3 is 0 Å². The van der Waals surface area contributed by atoms with Crippen molar-refractivity contribution >= 4 is 11.8 Å². The summed E-state index contributed by atoms with van der Waals surface area (Å²) < 4.78 is 0. The van der Waals surface area contributed by atoms with Gasteiger partial charge in [0.05, 0.1) is 0 Å². The molecule has 2 amide bonds. The van der Waals surface area contributed by atoms with Crippen LogP contribution >= 0.6 is 0 Å². The quantitative estimate of drug-likeness (QED) is 0.917. The molecule has 1 aliphatic heterocycles. The van der Waals surface area contributed by atoms with Crippen molar-refractivity contribution in [3.05, 3.63) is 35.4 Å². The van der Waals surface area contributed by atoms with E-state index < -0.39 is 5.91 Å². The van der Waals surface area contributed by atoms with Gasteiger partial charge in [0.15, 0.2) is 0 Å². The summed E-state index contributed by atoms with van der Waals surface area (Å²) in [6.45, 7) is 4.25. The summed E-state index contributed by atoms with van der Waals surface area (Å²) in [5, 5.41) is 0. The molecule has 4 nitrogen and oxygen atoms in total. The van der Waals surface area contributed by atoms with E-state index in [9.17, 15) is 9.59 Å². The molecule has 1 heterocycles. The molecule has 0 spiro atoms. The molecule has 108 valence electrons. The first-order chi connectivity index (χ1) is 9.58. The van der Waals surface area contributed by atoms with Gasteiger partial charge in [-0.05, 0) is 49.9 Å². The number of rotatable bonds is 4. The van der Waals surface area contributed by atoms with E-state index in [1.54, 1.807) is 24.3 Å². The topological polar surface area (TPSA) is 63.4 Å². The lowest BCUT2D eigenvalue weighted by molar-refractivity contribution is 0.0659. The van der Waals surface area contributed by atoms with E-state index in [2.05, 4.69) is 13.8 Å². The summed E-state index contributed by atoms with van der Waals surface area (Å²) in [7, 11) is 0. The predicted molar refractivity (Wildman–Crippen MR) is 78.5 cm³/mol. The Morgan fingerprint density at radius 1 is 1.05 bits per heavy atom. The molecule has 0 aromatic heterocycles. The van der Waals surface area contributed by atoms with Crippen molar-refractivity contribution in [1.29, 1.82) is 0 Å². The summed E-state index contributed by atoms with van der Waals surface area (Å²) in [5.74, 6) is -0.403. The van der Waals surface area contributed by atoms with Gasteiger partial charge in [0.25, 0.3) is 5.91 Å². The molecule has 0 saturated carbocycles. The van der Waals surface area contributed by atoms with E-state index in [0.717, 1.165) is 25.7 Å². The van der Waals surface area contributed by atoms with E-state index >= 15 is 0 Å². The summed E-state index contributed by atoms with van der Waals surface area (Å²) in [5.41, 5.74) is 6.28. The monoisotopic (exact) mass is 274 g/mol. The highest BCUT2D eigenvalue weighted by atomic mass is 16.2. The standard InChI is InChI=1S/C16H22N2O2/c1-3-13-9-10-14(4-2)18(13)16(20)12-7-5-11(6-8-12)15(17)19/h5-8,13-14H,3-4,9-10H2,1-2H3,(H2,17,19). The average molecular weight is 274 g/mol. The minimum Gasteiger partial charge on any atom is -0.366 e. The first kappa shape index (κ1) is 14.6. The Balaban J connectivity index is 2.22. The van der Waals surface area contributed by atoms with Crippen LogP contribution in [0, 0.1) is 0 Å². The Bertz CT molecular complexity index is 484. The van der Waals surface area contributed by atoms with Crippen molar-refractivity contribution < 1.29 is 9.59 Å². The molecule has 0 bridgehead atoms. The van der Waals surface area contributed by atoms with Crippen LogP contribution in [0.4, 0.5) is 0 Å². The van der Waals surface area contributed by atoms with Crippen LogP contribution in [-0.2, 0) is 0 Å². The normalized spacial score (nSPS) is 22.0. The van der Waals surface area contributed by atoms with Gasteiger partial charge in [-0.25, -0.2) is 0 Å². The Labute approximate surface area is 119 Å². The highest BCUT2D eigenvalue weighted by Crippen LogP contribution is 2.29. The van der Waals surface area contributed by atoms with E-state index in [-0.39, 0.29) is 5.91 Å². The van der Waals surface area contributed by atoms with Crippen molar-refractivity contribution in [1.82, 2.24) is 4.90 Å². The number of carbonyl (C=O) groups is 2. The Morgan fingerprint density at radius 3 is 1.90 bits per heavy atom.